The molecule has 0 amide bonds. The van der Waals surface area contributed by atoms with Crippen molar-refractivity contribution in [3.63, 3.8) is 0 Å². The monoisotopic (exact) mass is 272 g/mol. The van der Waals surface area contributed by atoms with E-state index in [0.717, 1.165) is 38.0 Å². The van der Waals surface area contributed by atoms with Gasteiger partial charge in [-0.1, -0.05) is 6.92 Å². The van der Waals surface area contributed by atoms with E-state index in [-0.39, 0.29) is 0 Å². The van der Waals surface area contributed by atoms with E-state index in [1.165, 1.54) is 22.0 Å². The van der Waals surface area contributed by atoms with Crippen LogP contribution in [0.3, 0.4) is 0 Å². The zero-order chi connectivity index (χ0) is 14.1. The average Bonchev–Trinajstić information content (AvgIpc) is 2.81. The molecule has 2 aromatic rings. The molecule has 0 bridgehead atoms. The van der Waals surface area contributed by atoms with Crippen molar-refractivity contribution in [1.29, 1.82) is 0 Å². The molecule has 3 heteroatoms. The standard InChI is InChI=1S/C17H24N2O/c1-4-13(18-2)10-12-11-19(3)15-7-8-16-14(17(12)15)6-5-9-20-16/h7-8,11,13,18H,4-6,9-10H2,1-3H3. The van der Waals surface area contributed by atoms with E-state index in [4.69, 9.17) is 4.74 Å². The number of fused-ring (bicyclic) bond motifs is 3. The molecule has 1 aromatic carbocycles. The van der Waals surface area contributed by atoms with E-state index >= 15 is 0 Å². The van der Waals surface area contributed by atoms with E-state index in [1.54, 1.807) is 0 Å². The van der Waals surface area contributed by atoms with E-state index in [1.807, 2.05) is 0 Å². The van der Waals surface area contributed by atoms with Crippen molar-refractivity contribution < 1.29 is 4.74 Å². The zero-order valence-electron chi connectivity index (χ0n) is 12.7. The Morgan fingerprint density at radius 2 is 2.25 bits per heavy atom. The fourth-order valence-corrected chi connectivity index (χ4v) is 3.32. The van der Waals surface area contributed by atoms with Crippen molar-refractivity contribution in [2.24, 2.45) is 7.05 Å². The van der Waals surface area contributed by atoms with Crippen LogP contribution in [0.5, 0.6) is 5.75 Å². The molecule has 2 heterocycles. The predicted octanol–water partition coefficient (Wildman–Crippen LogP) is 3.04. The number of nitrogens with one attached hydrogen (secondary N) is 1. The molecule has 1 aliphatic heterocycles. The molecule has 1 aromatic heterocycles. The van der Waals surface area contributed by atoms with Crippen LogP contribution in [0.1, 0.15) is 30.9 Å². The lowest BCUT2D eigenvalue weighted by Gasteiger charge is -2.19. The van der Waals surface area contributed by atoms with Crippen molar-refractivity contribution in [3.05, 3.63) is 29.5 Å². The van der Waals surface area contributed by atoms with Gasteiger partial charge in [0.1, 0.15) is 5.75 Å². The minimum atomic E-state index is 0.543. The summed E-state index contributed by atoms with van der Waals surface area (Å²) in [7, 11) is 4.19. The third-order valence-corrected chi connectivity index (χ3v) is 4.49. The summed E-state index contributed by atoms with van der Waals surface area (Å²) in [5.41, 5.74) is 4.19. The molecule has 1 atom stereocenters. The number of hydrogen-bond acceptors (Lipinski definition) is 2. The Bertz CT molecular complexity index is 611. The van der Waals surface area contributed by atoms with Crippen molar-refractivity contribution >= 4 is 10.9 Å². The van der Waals surface area contributed by atoms with Crippen LogP contribution in [0.4, 0.5) is 0 Å². The highest BCUT2D eigenvalue weighted by atomic mass is 16.5. The topological polar surface area (TPSA) is 26.2 Å². The van der Waals surface area contributed by atoms with Gasteiger partial charge in [-0.3, -0.25) is 0 Å². The molecule has 0 saturated carbocycles. The Morgan fingerprint density at radius 1 is 1.40 bits per heavy atom. The van der Waals surface area contributed by atoms with Crippen molar-refractivity contribution in [2.75, 3.05) is 13.7 Å². The maximum atomic E-state index is 5.83. The second kappa shape index (κ2) is 5.49. The Kier molecular flexibility index (Phi) is 3.70. The average molecular weight is 272 g/mol. The molecule has 0 spiro atoms. The molecule has 0 fully saturated rings. The van der Waals surface area contributed by atoms with E-state index < -0.39 is 0 Å². The highest BCUT2D eigenvalue weighted by Gasteiger charge is 2.19. The normalized spacial score (nSPS) is 15.9. The molecule has 3 rings (SSSR count). The number of hydrogen-bond donors (Lipinski definition) is 1. The largest absolute Gasteiger partial charge is 0.493 e. The Balaban J connectivity index is 2.12. The number of likely N-dealkylation sites (N-methyl/N-ethyl adjacent to an activating group) is 1. The number of benzene rings is 1. The number of aryl methyl sites for hydroxylation is 2. The summed E-state index contributed by atoms with van der Waals surface area (Å²) in [6.07, 6.45) is 6.79. The van der Waals surface area contributed by atoms with Gasteiger partial charge in [-0.05, 0) is 50.4 Å². The van der Waals surface area contributed by atoms with Crippen LogP contribution in [0, 0.1) is 0 Å². The first-order valence-corrected chi connectivity index (χ1v) is 7.64. The van der Waals surface area contributed by atoms with Gasteiger partial charge in [0.2, 0.25) is 0 Å². The third kappa shape index (κ3) is 2.20. The van der Waals surface area contributed by atoms with Gasteiger partial charge >= 0.3 is 0 Å². The van der Waals surface area contributed by atoms with Gasteiger partial charge in [0, 0.05) is 35.8 Å². The molecular formula is C17H24N2O. The third-order valence-electron chi connectivity index (χ3n) is 4.49. The van der Waals surface area contributed by atoms with Gasteiger partial charge in [0.05, 0.1) is 6.61 Å². The molecule has 108 valence electrons. The fraction of sp³-hybridized carbons (Fsp3) is 0.529. The van der Waals surface area contributed by atoms with Gasteiger partial charge in [-0.2, -0.15) is 0 Å². The lowest BCUT2D eigenvalue weighted by atomic mass is 9.96. The summed E-state index contributed by atoms with van der Waals surface area (Å²) >= 11 is 0. The Morgan fingerprint density at radius 3 is 3.00 bits per heavy atom. The minimum Gasteiger partial charge on any atom is -0.493 e. The molecule has 0 radical (unpaired) electrons. The molecule has 20 heavy (non-hydrogen) atoms. The zero-order valence-corrected chi connectivity index (χ0v) is 12.7. The molecule has 0 aliphatic carbocycles. The van der Waals surface area contributed by atoms with Crippen molar-refractivity contribution in [1.82, 2.24) is 9.88 Å². The Labute approximate surface area is 120 Å². The van der Waals surface area contributed by atoms with Crippen molar-refractivity contribution in [3.8, 4) is 5.75 Å². The van der Waals surface area contributed by atoms with E-state index in [2.05, 4.69) is 49.2 Å². The lowest BCUT2D eigenvalue weighted by molar-refractivity contribution is 0.289. The molecule has 1 N–H and O–H groups in total. The molecule has 0 saturated heterocycles. The summed E-state index contributed by atoms with van der Waals surface area (Å²) in [5, 5.41) is 4.84. The number of nitrogens with zero attached hydrogens (tertiary/aromatic N) is 1. The van der Waals surface area contributed by atoms with E-state index in [0.29, 0.717) is 6.04 Å². The van der Waals surface area contributed by atoms with Crippen LogP contribution < -0.4 is 10.1 Å². The molecular weight excluding hydrogens is 248 g/mol. The first-order chi connectivity index (χ1) is 9.74. The molecule has 3 nitrogen and oxygen atoms in total. The quantitative estimate of drug-likeness (QED) is 0.926. The summed E-state index contributed by atoms with van der Waals surface area (Å²) in [6, 6.07) is 4.88. The first kappa shape index (κ1) is 13.5. The Hall–Kier alpha value is -1.48. The fourth-order valence-electron chi connectivity index (χ4n) is 3.32. The van der Waals surface area contributed by atoms with Crippen LogP contribution in [-0.2, 0) is 19.9 Å². The SMILES string of the molecule is CCC(Cc1cn(C)c2ccc3c(c12)CCCO3)NC. The van der Waals surface area contributed by atoms with E-state index in [9.17, 15) is 0 Å². The van der Waals surface area contributed by atoms with Crippen LogP contribution in [0.15, 0.2) is 18.3 Å². The van der Waals surface area contributed by atoms with Gasteiger partial charge in [-0.15, -0.1) is 0 Å². The smallest absolute Gasteiger partial charge is 0.123 e. The minimum absolute atomic E-state index is 0.543. The van der Waals surface area contributed by atoms with Gasteiger partial charge < -0.3 is 14.6 Å². The van der Waals surface area contributed by atoms with Gasteiger partial charge in [0.25, 0.3) is 0 Å². The van der Waals surface area contributed by atoms with Gasteiger partial charge in [-0.25, -0.2) is 0 Å². The van der Waals surface area contributed by atoms with Crippen LogP contribution in [0.25, 0.3) is 10.9 Å². The summed E-state index contributed by atoms with van der Waals surface area (Å²) in [6.45, 7) is 3.10. The number of aromatic nitrogens is 1. The highest BCUT2D eigenvalue weighted by molar-refractivity contribution is 5.89. The second-order valence-electron chi connectivity index (χ2n) is 5.75. The van der Waals surface area contributed by atoms with Crippen LogP contribution in [-0.4, -0.2) is 24.3 Å². The number of ether oxygens (including phenoxy) is 1. The maximum absolute atomic E-state index is 5.83. The van der Waals surface area contributed by atoms with Gasteiger partial charge in [0.15, 0.2) is 0 Å². The predicted molar refractivity (Wildman–Crippen MR) is 83.6 cm³/mol. The summed E-state index contributed by atoms with van der Waals surface area (Å²) < 4.78 is 8.08. The number of rotatable bonds is 4. The maximum Gasteiger partial charge on any atom is 0.123 e. The lowest BCUT2D eigenvalue weighted by Crippen LogP contribution is -2.26. The molecule has 1 unspecified atom stereocenters. The summed E-state index contributed by atoms with van der Waals surface area (Å²) in [4.78, 5) is 0. The van der Waals surface area contributed by atoms with Crippen LogP contribution in [0.2, 0.25) is 0 Å². The molecule has 1 aliphatic rings. The second-order valence-corrected chi connectivity index (χ2v) is 5.75. The van der Waals surface area contributed by atoms with Crippen LogP contribution >= 0.6 is 0 Å². The summed E-state index contributed by atoms with van der Waals surface area (Å²) in [5.74, 6) is 1.09. The van der Waals surface area contributed by atoms with Crippen molar-refractivity contribution in [2.45, 2.75) is 38.6 Å². The highest BCUT2D eigenvalue weighted by Crippen LogP contribution is 2.35. The first-order valence-electron chi connectivity index (χ1n) is 7.64.